The van der Waals surface area contributed by atoms with E-state index in [-0.39, 0.29) is 0 Å². The molecule has 1 heterocycles. The van der Waals surface area contributed by atoms with Crippen LogP contribution in [0.2, 0.25) is 0 Å². The van der Waals surface area contributed by atoms with E-state index in [2.05, 4.69) is 10.3 Å². The van der Waals surface area contributed by atoms with Crippen LogP contribution in [0.1, 0.15) is 15.9 Å². The highest BCUT2D eigenvalue weighted by atomic mass is 16.3. The van der Waals surface area contributed by atoms with Gasteiger partial charge in [0.2, 0.25) is 5.88 Å². The van der Waals surface area contributed by atoms with Gasteiger partial charge >= 0.3 is 5.69 Å². The number of hydrogen-bond donors (Lipinski definition) is 3. The number of amides is 1. The number of rotatable bonds is 3. The van der Waals surface area contributed by atoms with Crippen molar-refractivity contribution in [1.82, 2.24) is 9.55 Å². The predicted molar refractivity (Wildman–Crippen MR) is 93.5 cm³/mol. The van der Waals surface area contributed by atoms with Crippen molar-refractivity contribution in [2.75, 3.05) is 5.32 Å². The zero-order valence-corrected chi connectivity index (χ0v) is 13.3. The van der Waals surface area contributed by atoms with Crippen LogP contribution in [0.5, 0.6) is 5.88 Å². The van der Waals surface area contributed by atoms with E-state index in [0.29, 0.717) is 11.4 Å². The lowest BCUT2D eigenvalue weighted by Crippen LogP contribution is -2.34. The number of nitrogens with zero attached hydrogens (tertiary/aromatic N) is 1. The van der Waals surface area contributed by atoms with Crippen LogP contribution >= 0.6 is 0 Å². The maximum Gasteiger partial charge on any atom is 0.335 e. The van der Waals surface area contributed by atoms with Gasteiger partial charge in [0.15, 0.2) is 5.56 Å². The average Bonchev–Trinajstić information content (AvgIpc) is 2.55. The number of hydrogen-bond acceptors (Lipinski definition) is 4. The Morgan fingerprint density at radius 2 is 1.80 bits per heavy atom. The molecular weight excluding hydrogens is 322 g/mol. The van der Waals surface area contributed by atoms with Crippen LogP contribution in [-0.2, 0) is 0 Å². The Balaban J connectivity index is 2.12. The minimum Gasteiger partial charge on any atom is -0.493 e. The van der Waals surface area contributed by atoms with Gasteiger partial charge in [-0.05, 0) is 36.8 Å². The van der Waals surface area contributed by atoms with E-state index in [0.717, 1.165) is 10.1 Å². The van der Waals surface area contributed by atoms with E-state index in [4.69, 9.17) is 0 Å². The Bertz CT molecular complexity index is 1050. The van der Waals surface area contributed by atoms with Gasteiger partial charge in [0.1, 0.15) is 0 Å². The molecule has 3 aromatic rings. The second-order valence-electron chi connectivity index (χ2n) is 5.45. The second kappa shape index (κ2) is 6.48. The molecule has 7 heteroatoms. The van der Waals surface area contributed by atoms with Crippen molar-refractivity contribution >= 4 is 11.6 Å². The van der Waals surface area contributed by atoms with Crippen LogP contribution in [0.4, 0.5) is 5.69 Å². The number of benzene rings is 2. The van der Waals surface area contributed by atoms with E-state index in [1.165, 1.54) is 0 Å². The molecule has 0 saturated carbocycles. The molecule has 0 atom stereocenters. The normalized spacial score (nSPS) is 10.4. The van der Waals surface area contributed by atoms with Crippen molar-refractivity contribution in [3.8, 4) is 11.6 Å². The number of nitrogens with one attached hydrogen (secondary N) is 2. The molecule has 0 saturated heterocycles. The summed E-state index contributed by atoms with van der Waals surface area (Å²) in [5.41, 5.74) is -0.674. The summed E-state index contributed by atoms with van der Waals surface area (Å²) in [4.78, 5) is 38.6. The maximum atomic E-state index is 12.4. The molecule has 2 aromatic carbocycles. The average molecular weight is 337 g/mol. The van der Waals surface area contributed by atoms with Crippen LogP contribution in [0.25, 0.3) is 5.69 Å². The topological polar surface area (TPSA) is 104 Å². The Kier molecular flexibility index (Phi) is 4.21. The monoisotopic (exact) mass is 337 g/mol. The minimum absolute atomic E-state index is 0.340. The van der Waals surface area contributed by atoms with E-state index >= 15 is 0 Å². The third kappa shape index (κ3) is 3.20. The molecule has 0 aliphatic carbocycles. The zero-order chi connectivity index (χ0) is 18.0. The fraction of sp³-hybridized carbons (Fsp3) is 0.0556. The van der Waals surface area contributed by atoms with E-state index in [1.54, 1.807) is 48.5 Å². The lowest BCUT2D eigenvalue weighted by molar-refractivity contribution is 0.102. The smallest absolute Gasteiger partial charge is 0.335 e. The largest absolute Gasteiger partial charge is 0.493 e. The molecule has 126 valence electrons. The Morgan fingerprint density at radius 1 is 1.08 bits per heavy atom. The van der Waals surface area contributed by atoms with Gasteiger partial charge in [-0.15, -0.1) is 0 Å². The number of anilines is 1. The second-order valence-corrected chi connectivity index (χ2v) is 5.45. The van der Waals surface area contributed by atoms with Crippen molar-refractivity contribution in [3.63, 3.8) is 0 Å². The molecule has 0 fully saturated rings. The first kappa shape index (κ1) is 16.3. The molecule has 7 nitrogen and oxygen atoms in total. The molecule has 1 aromatic heterocycles. The standard InChI is InChI=1S/C18H15N3O4/c1-11-6-5-9-13(10-11)21-17(24)14(16(23)20-18(21)25)15(22)19-12-7-3-2-4-8-12/h2-10,24H,1H3,(H,19,22)(H,20,23,25). The highest BCUT2D eigenvalue weighted by molar-refractivity contribution is 6.05. The Morgan fingerprint density at radius 3 is 2.48 bits per heavy atom. The summed E-state index contributed by atoms with van der Waals surface area (Å²) in [7, 11) is 0. The van der Waals surface area contributed by atoms with Crippen molar-refractivity contribution in [2.45, 2.75) is 6.92 Å². The number of aromatic amines is 1. The van der Waals surface area contributed by atoms with Gasteiger partial charge in [0, 0.05) is 5.69 Å². The van der Waals surface area contributed by atoms with E-state index in [1.807, 2.05) is 13.0 Å². The summed E-state index contributed by atoms with van der Waals surface area (Å²) in [6.45, 7) is 1.82. The van der Waals surface area contributed by atoms with E-state index in [9.17, 15) is 19.5 Å². The van der Waals surface area contributed by atoms with E-state index < -0.39 is 28.6 Å². The summed E-state index contributed by atoms with van der Waals surface area (Å²) in [6.07, 6.45) is 0. The van der Waals surface area contributed by atoms with Gasteiger partial charge < -0.3 is 10.4 Å². The number of para-hydroxylation sites is 1. The van der Waals surface area contributed by atoms with Gasteiger partial charge in [0.05, 0.1) is 5.69 Å². The first-order valence-electron chi connectivity index (χ1n) is 7.49. The first-order chi connectivity index (χ1) is 12.0. The van der Waals surface area contributed by atoms with Crippen LogP contribution in [-0.4, -0.2) is 20.6 Å². The number of aromatic nitrogens is 2. The summed E-state index contributed by atoms with van der Waals surface area (Å²) < 4.78 is 0.883. The third-order valence-electron chi connectivity index (χ3n) is 3.60. The van der Waals surface area contributed by atoms with Crippen LogP contribution in [0.3, 0.4) is 0 Å². The Labute approximate surface area is 142 Å². The van der Waals surface area contributed by atoms with Crippen molar-refractivity contribution in [1.29, 1.82) is 0 Å². The summed E-state index contributed by atoms with van der Waals surface area (Å²) >= 11 is 0. The number of H-pyrrole nitrogens is 1. The van der Waals surface area contributed by atoms with Crippen LogP contribution in [0.15, 0.2) is 64.2 Å². The van der Waals surface area contributed by atoms with Crippen molar-refractivity contribution < 1.29 is 9.90 Å². The molecule has 0 radical (unpaired) electrons. The molecule has 3 rings (SSSR count). The fourth-order valence-corrected chi connectivity index (χ4v) is 2.45. The molecule has 0 aliphatic rings. The van der Waals surface area contributed by atoms with Gasteiger partial charge in [0.25, 0.3) is 11.5 Å². The molecule has 1 amide bonds. The van der Waals surface area contributed by atoms with Crippen molar-refractivity contribution in [3.05, 3.63) is 86.6 Å². The molecule has 0 bridgehead atoms. The molecule has 0 spiro atoms. The third-order valence-corrected chi connectivity index (χ3v) is 3.60. The predicted octanol–water partition coefficient (Wildman–Crippen LogP) is 1.79. The van der Waals surface area contributed by atoms with Gasteiger partial charge in [-0.2, -0.15) is 0 Å². The van der Waals surface area contributed by atoms with Gasteiger partial charge in [-0.1, -0.05) is 30.3 Å². The minimum atomic E-state index is -0.958. The molecule has 25 heavy (non-hydrogen) atoms. The molecule has 3 N–H and O–H groups in total. The zero-order valence-electron chi connectivity index (χ0n) is 13.3. The van der Waals surface area contributed by atoms with Gasteiger partial charge in [-0.3, -0.25) is 14.6 Å². The fourth-order valence-electron chi connectivity index (χ4n) is 2.45. The highest BCUT2D eigenvalue weighted by Crippen LogP contribution is 2.18. The quantitative estimate of drug-likeness (QED) is 0.678. The number of aryl methyl sites for hydroxylation is 1. The lowest BCUT2D eigenvalue weighted by Gasteiger charge is -2.12. The summed E-state index contributed by atoms with van der Waals surface area (Å²) in [5, 5.41) is 12.9. The molecular formula is C18H15N3O4. The first-order valence-corrected chi connectivity index (χ1v) is 7.49. The number of carbonyl (C=O) groups excluding carboxylic acids is 1. The lowest BCUT2D eigenvalue weighted by atomic mass is 10.2. The van der Waals surface area contributed by atoms with Crippen LogP contribution < -0.4 is 16.6 Å². The highest BCUT2D eigenvalue weighted by Gasteiger charge is 2.22. The van der Waals surface area contributed by atoms with Crippen LogP contribution in [0, 0.1) is 6.92 Å². The molecule has 0 aliphatic heterocycles. The number of aromatic hydroxyl groups is 1. The SMILES string of the molecule is Cc1cccc(-n2c(O)c(C(=O)Nc3ccccc3)c(=O)[nH]c2=O)c1. The summed E-state index contributed by atoms with van der Waals surface area (Å²) in [6, 6.07) is 15.2. The Hall–Kier alpha value is -3.61. The summed E-state index contributed by atoms with van der Waals surface area (Å²) in [5.74, 6) is -1.53. The van der Waals surface area contributed by atoms with Crippen molar-refractivity contribution in [2.24, 2.45) is 0 Å². The molecule has 0 unspecified atom stereocenters. The number of carbonyl (C=O) groups is 1. The maximum absolute atomic E-state index is 12.4. The van der Waals surface area contributed by atoms with Gasteiger partial charge in [-0.25, -0.2) is 9.36 Å².